The molecule has 0 saturated carbocycles. The van der Waals surface area contributed by atoms with Crippen molar-refractivity contribution in [3.05, 3.63) is 29.8 Å². The molecule has 7 heteroatoms. The van der Waals surface area contributed by atoms with Crippen LogP contribution in [0.3, 0.4) is 0 Å². The fraction of sp³-hybridized carbons (Fsp3) is 0.462. The first-order valence-corrected chi connectivity index (χ1v) is 8.12. The lowest BCUT2D eigenvalue weighted by molar-refractivity contribution is -0.138. The fourth-order valence-electron chi connectivity index (χ4n) is 2.35. The summed E-state index contributed by atoms with van der Waals surface area (Å²) in [5.41, 5.74) is 0.914. The minimum atomic E-state index is -3.15. The quantitative estimate of drug-likeness (QED) is 0.839. The smallest absolute Gasteiger partial charge is 0.304 e. The highest BCUT2D eigenvalue weighted by Gasteiger charge is 2.32. The molecular formula is C13H17NO5S. The van der Waals surface area contributed by atoms with Crippen LogP contribution in [0, 0.1) is 0 Å². The van der Waals surface area contributed by atoms with E-state index in [4.69, 9.17) is 5.11 Å². The summed E-state index contributed by atoms with van der Waals surface area (Å²) in [6.07, 6.45) is -0.183. The molecule has 1 aliphatic rings. The van der Waals surface area contributed by atoms with Gasteiger partial charge in [-0.15, -0.1) is 0 Å². The molecule has 1 unspecified atom stereocenters. The second-order valence-corrected chi connectivity index (χ2v) is 7.23. The van der Waals surface area contributed by atoms with Crippen LogP contribution in [-0.4, -0.2) is 53.6 Å². The molecule has 2 rings (SSSR count). The zero-order valence-electron chi connectivity index (χ0n) is 10.9. The summed E-state index contributed by atoms with van der Waals surface area (Å²) in [4.78, 5) is 12.7. The maximum absolute atomic E-state index is 11.6. The second-order valence-electron chi connectivity index (χ2n) is 5.00. The van der Waals surface area contributed by atoms with Gasteiger partial charge in [0.1, 0.15) is 5.75 Å². The third kappa shape index (κ3) is 3.94. The lowest BCUT2D eigenvalue weighted by Gasteiger charge is -2.34. The van der Waals surface area contributed by atoms with Gasteiger partial charge in [-0.1, -0.05) is 12.1 Å². The van der Waals surface area contributed by atoms with Gasteiger partial charge in [-0.05, 0) is 17.7 Å². The standard InChI is InChI=1S/C13H17NO5S/c15-12-3-1-10(2-4-12)8-14-5-6-20(18,19)9-11(14)7-13(16)17/h1-4,11,15H,5-9H2,(H,16,17). The van der Waals surface area contributed by atoms with Gasteiger partial charge >= 0.3 is 5.97 Å². The highest BCUT2D eigenvalue weighted by Crippen LogP contribution is 2.19. The van der Waals surface area contributed by atoms with Gasteiger partial charge in [-0.3, -0.25) is 9.69 Å². The molecule has 0 aliphatic carbocycles. The van der Waals surface area contributed by atoms with Crippen LogP contribution in [0.15, 0.2) is 24.3 Å². The number of aromatic hydroxyl groups is 1. The first-order chi connectivity index (χ1) is 9.35. The van der Waals surface area contributed by atoms with Gasteiger partial charge in [-0.2, -0.15) is 0 Å². The molecule has 20 heavy (non-hydrogen) atoms. The SMILES string of the molecule is O=C(O)CC1CS(=O)(=O)CCN1Cc1ccc(O)cc1. The van der Waals surface area contributed by atoms with Crippen molar-refractivity contribution in [3.63, 3.8) is 0 Å². The third-order valence-electron chi connectivity index (χ3n) is 3.38. The Morgan fingerprint density at radius 3 is 2.55 bits per heavy atom. The average Bonchev–Trinajstić information content (AvgIpc) is 2.34. The van der Waals surface area contributed by atoms with Gasteiger partial charge in [0.25, 0.3) is 0 Å². The van der Waals surface area contributed by atoms with Crippen LogP contribution < -0.4 is 0 Å². The molecule has 6 nitrogen and oxygen atoms in total. The molecule has 1 fully saturated rings. The number of hydrogen-bond donors (Lipinski definition) is 2. The molecule has 2 N–H and O–H groups in total. The lowest BCUT2D eigenvalue weighted by Crippen LogP contribution is -2.48. The minimum Gasteiger partial charge on any atom is -0.508 e. The molecule has 0 spiro atoms. The summed E-state index contributed by atoms with van der Waals surface area (Å²) in [5.74, 6) is -0.890. The zero-order valence-corrected chi connectivity index (χ0v) is 11.7. The van der Waals surface area contributed by atoms with Crippen LogP contribution in [0.2, 0.25) is 0 Å². The van der Waals surface area contributed by atoms with Crippen molar-refractivity contribution in [3.8, 4) is 5.75 Å². The highest BCUT2D eigenvalue weighted by molar-refractivity contribution is 7.91. The van der Waals surface area contributed by atoms with E-state index in [0.29, 0.717) is 13.1 Å². The first kappa shape index (κ1) is 14.8. The summed E-state index contributed by atoms with van der Waals surface area (Å²) < 4.78 is 23.3. The Kier molecular flexibility index (Phi) is 4.29. The molecule has 110 valence electrons. The number of carbonyl (C=O) groups is 1. The van der Waals surface area contributed by atoms with Crippen molar-refractivity contribution < 1.29 is 23.4 Å². The normalized spacial score (nSPS) is 22.5. The van der Waals surface area contributed by atoms with Gasteiger partial charge in [0.2, 0.25) is 0 Å². The number of phenolic OH excluding ortho intramolecular Hbond substituents is 1. The van der Waals surface area contributed by atoms with Crippen LogP contribution >= 0.6 is 0 Å². The van der Waals surface area contributed by atoms with E-state index in [9.17, 15) is 18.3 Å². The maximum Gasteiger partial charge on any atom is 0.304 e. The van der Waals surface area contributed by atoms with Crippen LogP contribution in [0.5, 0.6) is 5.75 Å². The van der Waals surface area contributed by atoms with E-state index in [1.807, 2.05) is 4.90 Å². The van der Waals surface area contributed by atoms with Gasteiger partial charge in [0.15, 0.2) is 9.84 Å². The maximum atomic E-state index is 11.6. The largest absolute Gasteiger partial charge is 0.508 e. The first-order valence-electron chi connectivity index (χ1n) is 6.30. The molecule has 1 aliphatic heterocycles. The molecule has 0 amide bonds. The van der Waals surface area contributed by atoms with Gasteiger partial charge in [-0.25, -0.2) is 8.42 Å². The molecule has 0 bridgehead atoms. The van der Waals surface area contributed by atoms with Crippen molar-refractivity contribution in [2.45, 2.75) is 19.0 Å². The van der Waals surface area contributed by atoms with E-state index in [2.05, 4.69) is 0 Å². The summed E-state index contributed by atoms with van der Waals surface area (Å²) in [6.45, 7) is 0.814. The number of nitrogens with zero attached hydrogens (tertiary/aromatic N) is 1. The summed E-state index contributed by atoms with van der Waals surface area (Å²) >= 11 is 0. The molecule has 1 heterocycles. The molecule has 0 radical (unpaired) electrons. The number of benzene rings is 1. The Morgan fingerprint density at radius 2 is 1.95 bits per heavy atom. The van der Waals surface area contributed by atoms with Crippen LogP contribution in [-0.2, 0) is 21.2 Å². The Bertz CT molecular complexity index is 581. The van der Waals surface area contributed by atoms with Crippen molar-refractivity contribution in [2.24, 2.45) is 0 Å². The molecule has 1 aromatic carbocycles. The topological polar surface area (TPSA) is 94.9 Å². The van der Waals surface area contributed by atoms with E-state index < -0.39 is 21.8 Å². The lowest BCUT2D eigenvalue weighted by atomic mass is 10.1. The second kappa shape index (κ2) is 5.80. The Hall–Kier alpha value is -1.60. The number of sulfone groups is 1. The highest BCUT2D eigenvalue weighted by atomic mass is 32.2. The van der Waals surface area contributed by atoms with E-state index in [0.717, 1.165) is 5.56 Å². The Labute approximate surface area is 117 Å². The van der Waals surface area contributed by atoms with Crippen molar-refractivity contribution in [2.75, 3.05) is 18.1 Å². The molecule has 1 saturated heterocycles. The molecular weight excluding hydrogens is 282 g/mol. The monoisotopic (exact) mass is 299 g/mol. The molecule has 0 aromatic heterocycles. The summed E-state index contributed by atoms with van der Waals surface area (Å²) in [5, 5.41) is 18.1. The predicted octanol–water partition coefficient (Wildman–Crippen LogP) is 0.466. The zero-order chi connectivity index (χ0) is 14.8. The van der Waals surface area contributed by atoms with Crippen molar-refractivity contribution >= 4 is 15.8 Å². The Morgan fingerprint density at radius 1 is 1.30 bits per heavy atom. The van der Waals surface area contributed by atoms with Gasteiger partial charge in [0, 0.05) is 19.1 Å². The van der Waals surface area contributed by atoms with E-state index in [1.165, 1.54) is 0 Å². The van der Waals surface area contributed by atoms with E-state index in [-0.39, 0.29) is 23.7 Å². The fourth-order valence-corrected chi connectivity index (χ4v) is 3.95. The van der Waals surface area contributed by atoms with Crippen LogP contribution in [0.25, 0.3) is 0 Å². The average molecular weight is 299 g/mol. The number of rotatable bonds is 4. The molecule has 1 aromatic rings. The number of phenols is 1. The van der Waals surface area contributed by atoms with Gasteiger partial charge in [0.05, 0.1) is 17.9 Å². The van der Waals surface area contributed by atoms with E-state index in [1.54, 1.807) is 24.3 Å². The van der Waals surface area contributed by atoms with Crippen molar-refractivity contribution in [1.29, 1.82) is 0 Å². The molecule has 1 atom stereocenters. The number of hydrogen-bond acceptors (Lipinski definition) is 5. The van der Waals surface area contributed by atoms with Crippen LogP contribution in [0.4, 0.5) is 0 Å². The van der Waals surface area contributed by atoms with E-state index >= 15 is 0 Å². The summed E-state index contributed by atoms with van der Waals surface area (Å²) in [7, 11) is -3.15. The van der Waals surface area contributed by atoms with Gasteiger partial charge < -0.3 is 10.2 Å². The third-order valence-corrected chi connectivity index (χ3v) is 5.08. The van der Waals surface area contributed by atoms with Crippen molar-refractivity contribution in [1.82, 2.24) is 4.90 Å². The number of carboxylic acid groups (broad SMARTS) is 1. The van der Waals surface area contributed by atoms with Crippen LogP contribution in [0.1, 0.15) is 12.0 Å². The minimum absolute atomic E-state index is 0.0567. The number of aliphatic carboxylic acids is 1. The summed E-state index contributed by atoms with van der Waals surface area (Å²) in [6, 6.07) is 6.11. The number of carboxylic acids is 1. The predicted molar refractivity (Wildman–Crippen MR) is 73.2 cm³/mol. The Balaban J connectivity index is 2.11.